The minimum absolute atomic E-state index is 0.182. The van der Waals surface area contributed by atoms with E-state index in [0.29, 0.717) is 0 Å². The lowest BCUT2D eigenvalue weighted by Gasteiger charge is -2.24. The molecule has 84 valence electrons. The summed E-state index contributed by atoms with van der Waals surface area (Å²) in [4.78, 5) is 1.29. The van der Waals surface area contributed by atoms with Gasteiger partial charge in [-0.3, -0.25) is 0 Å². The van der Waals surface area contributed by atoms with Crippen LogP contribution in [-0.4, -0.2) is 10.9 Å². The van der Waals surface area contributed by atoms with Crippen molar-refractivity contribution in [1.29, 1.82) is 0 Å². The van der Waals surface area contributed by atoms with E-state index in [-0.39, 0.29) is 30.8 Å². The van der Waals surface area contributed by atoms with Gasteiger partial charge in [-0.1, -0.05) is 48.5 Å². The maximum atomic E-state index is 8.55. The largest absolute Gasteiger partial charge is 0.347 e. The van der Waals surface area contributed by atoms with Crippen LogP contribution in [0.2, 0.25) is 0 Å². The molecular formula is C16H15N. The zero-order chi connectivity index (χ0) is 15.9. The van der Waals surface area contributed by atoms with Crippen molar-refractivity contribution in [2.24, 2.45) is 0 Å². The second kappa shape index (κ2) is 4.46. The molecule has 0 radical (unpaired) electrons. The average molecular weight is 226 g/mol. The summed E-state index contributed by atoms with van der Waals surface area (Å²) in [5, 5.41) is 0. The molecule has 1 atom stereocenters. The van der Waals surface area contributed by atoms with Gasteiger partial charge >= 0.3 is 0 Å². The van der Waals surface area contributed by atoms with Gasteiger partial charge in [-0.2, -0.15) is 0 Å². The number of fused-ring (bicyclic) bond motifs is 1. The highest BCUT2D eigenvalue weighted by Crippen LogP contribution is 2.23. The van der Waals surface area contributed by atoms with E-state index in [0.717, 1.165) is 11.1 Å². The van der Waals surface area contributed by atoms with Crippen molar-refractivity contribution in [3.05, 3.63) is 78.6 Å². The Morgan fingerprint density at radius 2 is 2.12 bits per heavy atom. The van der Waals surface area contributed by atoms with E-state index in [1.807, 2.05) is 36.4 Å². The lowest BCUT2D eigenvalue weighted by atomic mass is 10.0. The minimum atomic E-state index is -1.54. The van der Waals surface area contributed by atoms with E-state index in [9.17, 15) is 0 Å². The quantitative estimate of drug-likeness (QED) is 0.705. The Labute approximate surface area is 109 Å². The van der Waals surface area contributed by atoms with Gasteiger partial charge in [0.2, 0.25) is 0 Å². The predicted octanol–water partition coefficient (Wildman–Crippen LogP) is 3.74. The van der Waals surface area contributed by atoms with Crippen molar-refractivity contribution in [2.75, 3.05) is 0 Å². The van der Waals surface area contributed by atoms with E-state index in [1.165, 1.54) is 4.90 Å². The molecule has 1 aromatic carbocycles. The van der Waals surface area contributed by atoms with Crippen molar-refractivity contribution in [1.82, 2.24) is 4.90 Å². The van der Waals surface area contributed by atoms with Crippen LogP contribution < -0.4 is 0 Å². The zero-order valence-electron chi connectivity index (χ0n) is 14.3. The summed E-state index contributed by atoms with van der Waals surface area (Å²) in [6, 6.07) is 7.24. The van der Waals surface area contributed by atoms with Gasteiger partial charge in [0, 0.05) is 12.4 Å². The molecule has 0 spiro atoms. The highest BCUT2D eigenvalue weighted by molar-refractivity contribution is 5.74. The molecule has 0 N–H and O–H groups in total. The third-order valence-corrected chi connectivity index (χ3v) is 2.76. The molecule has 1 aromatic rings. The van der Waals surface area contributed by atoms with Crippen LogP contribution in [0.4, 0.5) is 0 Å². The van der Waals surface area contributed by atoms with Crippen LogP contribution in [0.1, 0.15) is 18.8 Å². The SMILES string of the molecule is [2H]C1=C([2H])N2C=CC(c3ccccc3)=CCC2([2H])C([2H])=C1[2H]. The smallest absolute Gasteiger partial charge is 0.0818 e. The van der Waals surface area contributed by atoms with E-state index >= 15 is 0 Å². The normalized spacial score (nSPS) is 32.8. The van der Waals surface area contributed by atoms with Crippen LogP contribution in [0.5, 0.6) is 0 Å². The summed E-state index contributed by atoms with van der Waals surface area (Å²) in [6.45, 7) is 0. The predicted molar refractivity (Wildman–Crippen MR) is 72.1 cm³/mol. The van der Waals surface area contributed by atoms with Crippen LogP contribution in [0.15, 0.2) is 73.0 Å². The first kappa shape index (κ1) is 6.06. The van der Waals surface area contributed by atoms with Crippen molar-refractivity contribution < 1.29 is 6.85 Å². The van der Waals surface area contributed by atoms with E-state index in [2.05, 4.69) is 0 Å². The Morgan fingerprint density at radius 3 is 3.00 bits per heavy atom. The third-order valence-electron chi connectivity index (χ3n) is 2.76. The number of nitrogens with zero attached hydrogens (tertiary/aromatic N) is 1. The number of benzene rings is 1. The Kier molecular flexibility index (Phi) is 1.59. The molecule has 2 heterocycles. The van der Waals surface area contributed by atoms with Gasteiger partial charge in [-0.15, -0.1) is 0 Å². The second-order valence-corrected chi connectivity index (χ2v) is 3.85. The van der Waals surface area contributed by atoms with E-state index in [1.54, 1.807) is 12.3 Å². The molecule has 0 saturated heterocycles. The van der Waals surface area contributed by atoms with Gasteiger partial charge in [0.25, 0.3) is 0 Å². The van der Waals surface area contributed by atoms with Gasteiger partial charge in [0.1, 0.15) is 0 Å². The number of allylic oxidation sites excluding steroid dienone is 4. The van der Waals surface area contributed by atoms with Gasteiger partial charge in [-0.05, 0) is 29.7 Å². The molecule has 0 bridgehead atoms. The fourth-order valence-corrected chi connectivity index (χ4v) is 1.87. The van der Waals surface area contributed by atoms with Crippen LogP contribution in [0, 0.1) is 0 Å². The first-order valence-electron chi connectivity index (χ1n) is 8.04. The number of hydrogen-bond acceptors (Lipinski definition) is 1. The third kappa shape index (κ3) is 2.09. The Bertz CT molecular complexity index is 732. The molecule has 1 unspecified atom stereocenters. The fourth-order valence-electron chi connectivity index (χ4n) is 1.87. The van der Waals surface area contributed by atoms with Crippen molar-refractivity contribution in [2.45, 2.75) is 12.4 Å². The second-order valence-electron chi connectivity index (χ2n) is 3.85. The first-order valence-corrected chi connectivity index (χ1v) is 5.54. The molecule has 0 aliphatic carbocycles. The average Bonchev–Trinajstić information content (AvgIpc) is 2.72. The molecular weight excluding hydrogens is 206 g/mol. The van der Waals surface area contributed by atoms with Crippen LogP contribution in [-0.2, 0) is 0 Å². The van der Waals surface area contributed by atoms with Gasteiger partial charge in [-0.25, -0.2) is 0 Å². The summed E-state index contributed by atoms with van der Waals surface area (Å²) >= 11 is 0. The molecule has 1 heteroatoms. The molecule has 3 rings (SSSR count). The monoisotopic (exact) mass is 226 g/mol. The number of rotatable bonds is 1. The molecule has 0 fully saturated rings. The van der Waals surface area contributed by atoms with Gasteiger partial charge in [0.05, 0.1) is 12.9 Å². The Balaban J connectivity index is 2.09. The zero-order valence-corrected chi connectivity index (χ0v) is 9.27. The molecule has 2 aliphatic rings. The standard InChI is InChI=1S/C16H15N/c1-2-6-14(7-3-1)15-9-10-16-8-4-5-12-17(16)13-11-15/h1-9,11-13,16H,10H2/i4D,5D,8D,12D,16D. The lowest BCUT2D eigenvalue weighted by Crippen LogP contribution is -2.24. The summed E-state index contributed by atoms with van der Waals surface area (Å²) in [6.07, 6.45) is 5.17. The summed E-state index contributed by atoms with van der Waals surface area (Å²) in [7, 11) is 0. The minimum Gasteiger partial charge on any atom is -0.347 e. The van der Waals surface area contributed by atoms with Crippen molar-refractivity contribution >= 4 is 5.57 Å². The molecule has 0 amide bonds. The molecule has 2 aliphatic heterocycles. The molecule has 1 nitrogen and oxygen atoms in total. The summed E-state index contributed by atoms with van der Waals surface area (Å²) < 4.78 is 40.2. The summed E-state index contributed by atoms with van der Waals surface area (Å²) in [5.74, 6) is 0. The van der Waals surface area contributed by atoms with Crippen LogP contribution in [0.25, 0.3) is 5.57 Å². The Morgan fingerprint density at radius 1 is 1.24 bits per heavy atom. The highest BCUT2D eigenvalue weighted by Gasteiger charge is 2.13. The number of hydrogen-bond donors (Lipinski definition) is 0. The lowest BCUT2D eigenvalue weighted by molar-refractivity contribution is 0.426. The topological polar surface area (TPSA) is 3.24 Å². The maximum Gasteiger partial charge on any atom is 0.0818 e. The molecule has 17 heavy (non-hydrogen) atoms. The van der Waals surface area contributed by atoms with E-state index < -0.39 is 6.02 Å². The maximum absolute atomic E-state index is 8.55. The summed E-state index contributed by atoms with van der Waals surface area (Å²) in [5.41, 5.74) is 1.89. The highest BCUT2D eigenvalue weighted by atomic mass is 15.1. The van der Waals surface area contributed by atoms with E-state index in [4.69, 9.17) is 6.85 Å². The van der Waals surface area contributed by atoms with Crippen LogP contribution >= 0.6 is 0 Å². The van der Waals surface area contributed by atoms with Gasteiger partial charge in [0.15, 0.2) is 0 Å². The molecule has 0 saturated carbocycles. The Hall–Kier alpha value is -2.02. The fraction of sp³-hybridized carbons (Fsp3) is 0.125. The van der Waals surface area contributed by atoms with Gasteiger partial charge < -0.3 is 4.90 Å². The molecule has 0 aromatic heterocycles. The van der Waals surface area contributed by atoms with Crippen molar-refractivity contribution in [3.8, 4) is 0 Å². The van der Waals surface area contributed by atoms with Crippen LogP contribution in [0.3, 0.4) is 0 Å². The first-order chi connectivity index (χ1) is 10.4. The van der Waals surface area contributed by atoms with Crippen molar-refractivity contribution in [3.63, 3.8) is 0 Å².